The van der Waals surface area contributed by atoms with Gasteiger partial charge in [0, 0.05) is 6.92 Å². The summed E-state index contributed by atoms with van der Waals surface area (Å²) < 4.78 is 22.8. The van der Waals surface area contributed by atoms with Gasteiger partial charge in [-0.25, -0.2) is 8.42 Å². The first-order valence-corrected chi connectivity index (χ1v) is 5.29. The molecule has 0 radical (unpaired) electrons. The number of carbonyl (C=O) groups excluding carboxylic acids is 2. The molecule has 0 saturated carbocycles. The van der Waals surface area contributed by atoms with Crippen molar-refractivity contribution < 1.29 is 18.0 Å². The van der Waals surface area contributed by atoms with Crippen molar-refractivity contribution in [1.82, 2.24) is 0 Å². The number of Topliss-reactive ketones (excluding diaryl/α,β-unsaturated/α-hetero) is 1. The molecule has 0 bridgehead atoms. The van der Waals surface area contributed by atoms with Crippen molar-refractivity contribution in [3.63, 3.8) is 0 Å². The molecule has 14 heavy (non-hydrogen) atoms. The van der Waals surface area contributed by atoms with Crippen molar-refractivity contribution in [2.45, 2.75) is 11.8 Å². The van der Waals surface area contributed by atoms with E-state index in [0.29, 0.717) is 0 Å². The van der Waals surface area contributed by atoms with E-state index >= 15 is 0 Å². The highest BCUT2D eigenvalue weighted by Gasteiger charge is 2.27. The van der Waals surface area contributed by atoms with Gasteiger partial charge in [0.25, 0.3) is 0 Å². The minimum atomic E-state index is -4.13. The largest absolute Gasteiger partial charge is 0.316 e. The molecule has 0 aromatic heterocycles. The Morgan fingerprint density at radius 2 is 1.57 bits per heavy atom. The zero-order valence-electron chi connectivity index (χ0n) is 7.43. The lowest BCUT2D eigenvalue weighted by Gasteiger charge is -1.99. The van der Waals surface area contributed by atoms with Crippen LogP contribution in [0.2, 0.25) is 0 Å². The molecule has 74 valence electrons. The van der Waals surface area contributed by atoms with E-state index in [0.717, 1.165) is 6.92 Å². The predicted molar refractivity (Wildman–Crippen MR) is 49.3 cm³/mol. The van der Waals surface area contributed by atoms with Crippen LogP contribution < -0.4 is 0 Å². The van der Waals surface area contributed by atoms with E-state index in [1.165, 1.54) is 24.3 Å². The first-order valence-electron chi connectivity index (χ1n) is 3.81. The monoisotopic (exact) mass is 212 g/mol. The lowest BCUT2D eigenvalue weighted by Crippen LogP contribution is -2.21. The highest BCUT2D eigenvalue weighted by molar-refractivity contribution is 8.08. The van der Waals surface area contributed by atoms with Crippen LogP contribution in [0, 0.1) is 0 Å². The average Bonchev–Trinajstić information content (AvgIpc) is 2.18. The highest BCUT2D eigenvalue weighted by Crippen LogP contribution is 2.10. The van der Waals surface area contributed by atoms with Crippen molar-refractivity contribution in [3.05, 3.63) is 30.3 Å². The van der Waals surface area contributed by atoms with E-state index in [2.05, 4.69) is 0 Å². The molecule has 0 fully saturated rings. The molecule has 1 rings (SSSR count). The summed E-state index contributed by atoms with van der Waals surface area (Å²) in [5, 5.41) is -1.37. The molecule has 5 heteroatoms. The number of benzene rings is 1. The molecule has 0 unspecified atom stereocenters. The van der Waals surface area contributed by atoms with Gasteiger partial charge in [-0.1, -0.05) is 18.2 Å². The Bertz CT molecular complexity index is 459. The van der Waals surface area contributed by atoms with Gasteiger partial charge in [-0.15, -0.1) is 0 Å². The first kappa shape index (κ1) is 10.6. The molecule has 0 saturated heterocycles. The van der Waals surface area contributed by atoms with Gasteiger partial charge in [0.15, 0.2) is 0 Å². The summed E-state index contributed by atoms with van der Waals surface area (Å²) >= 11 is 0. The summed E-state index contributed by atoms with van der Waals surface area (Å²) in [4.78, 5) is 21.5. The van der Waals surface area contributed by atoms with Crippen molar-refractivity contribution in [2.75, 3.05) is 0 Å². The SMILES string of the molecule is CC(=O)C(=O)S(=O)(=O)c1ccccc1. The standard InChI is InChI=1S/C9H8O4S/c1-7(10)9(11)14(12,13)8-5-3-2-4-6-8/h2-6H,1H3. The quantitative estimate of drug-likeness (QED) is 0.672. The number of sulfone groups is 1. The second kappa shape index (κ2) is 3.71. The van der Waals surface area contributed by atoms with E-state index in [9.17, 15) is 18.0 Å². The summed E-state index contributed by atoms with van der Waals surface area (Å²) in [6, 6.07) is 7.14. The Morgan fingerprint density at radius 3 is 2.00 bits per heavy atom. The van der Waals surface area contributed by atoms with E-state index in [-0.39, 0.29) is 4.90 Å². The van der Waals surface area contributed by atoms with E-state index in [1.54, 1.807) is 6.07 Å². The van der Waals surface area contributed by atoms with Gasteiger partial charge >= 0.3 is 5.12 Å². The Labute approximate surface area is 81.5 Å². The molecular weight excluding hydrogens is 204 g/mol. The Hall–Kier alpha value is -1.49. The van der Waals surface area contributed by atoms with Gasteiger partial charge in [0.1, 0.15) is 0 Å². The van der Waals surface area contributed by atoms with Crippen LogP contribution in [0.4, 0.5) is 0 Å². The van der Waals surface area contributed by atoms with Crippen LogP contribution in [-0.2, 0) is 19.4 Å². The molecule has 0 aliphatic rings. The summed E-state index contributed by atoms with van der Waals surface area (Å²) in [6.07, 6.45) is 0. The van der Waals surface area contributed by atoms with Crippen LogP contribution >= 0.6 is 0 Å². The average molecular weight is 212 g/mol. The molecule has 0 spiro atoms. The fourth-order valence-corrected chi connectivity index (χ4v) is 2.00. The van der Waals surface area contributed by atoms with E-state index in [1.807, 2.05) is 0 Å². The van der Waals surface area contributed by atoms with Gasteiger partial charge in [0.05, 0.1) is 4.90 Å². The fourth-order valence-electron chi connectivity index (χ4n) is 0.896. The third-order valence-electron chi connectivity index (χ3n) is 1.59. The highest BCUT2D eigenvalue weighted by atomic mass is 32.2. The minimum Gasteiger partial charge on any atom is -0.290 e. The van der Waals surface area contributed by atoms with Gasteiger partial charge in [-0.2, -0.15) is 0 Å². The normalized spacial score (nSPS) is 10.9. The molecule has 0 aliphatic heterocycles. The molecule has 1 aromatic rings. The smallest absolute Gasteiger partial charge is 0.290 e. The number of hydrogen-bond acceptors (Lipinski definition) is 4. The van der Waals surface area contributed by atoms with Gasteiger partial charge in [-0.3, -0.25) is 9.59 Å². The van der Waals surface area contributed by atoms with Crippen molar-refractivity contribution >= 4 is 20.7 Å². The molecule has 0 aliphatic carbocycles. The molecule has 0 atom stereocenters. The maximum absolute atomic E-state index is 11.4. The Morgan fingerprint density at radius 1 is 1.07 bits per heavy atom. The maximum Gasteiger partial charge on any atom is 0.316 e. The minimum absolute atomic E-state index is 0.153. The topological polar surface area (TPSA) is 68.3 Å². The second-order valence-corrected chi connectivity index (χ2v) is 4.51. The number of ketones is 1. The van der Waals surface area contributed by atoms with E-state index in [4.69, 9.17) is 0 Å². The lowest BCUT2D eigenvalue weighted by molar-refractivity contribution is -0.130. The Balaban J connectivity index is 3.23. The number of hydrogen-bond donors (Lipinski definition) is 0. The number of rotatable bonds is 2. The van der Waals surface area contributed by atoms with Crippen LogP contribution in [0.1, 0.15) is 6.92 Å². The number of carbonyl (C=O) groups is 2. The molecule has 1 aromatic carbocycles. The van der Waals surface area contributed by atoms with Gasteiger partial charge < -0.3 is 0 Å². The second-order valence-electron chi connectivity index (χ2n) is 2.66. The Kier molecular flexibility index (Phi) is 2.81. The van der Waals surface area contributed by atoms with Crippen LogP contribution in [0.3, 0.4) is 0 Å². The molecule has 0 amide bonds. The lowest BCUT2D eigenvalue weighted by atomic mass is 10.4. The zero-order valence-corrected chi connectivity index (χ0v) is 8.24. The summed E-state index contributed by atoms with van der Waals surface area (Å²) in [5.41, 5.74) is 0. The van der Waals surface area contributed by atoms with E-state index < -0.39 is 20.7 Å². The third-order valence-corrected chi connectivity index (χ3v) is 3.25. The third kappa shape index (κ3) is 1.88. The fraction of sp³-hybridized carbons (Fsp3) is 0.111. The van der Waals surface area contributed by atoms with Crippen LogP contribution in [0.15, 0.2) is 35.2 Å². The van der Waals surface area contributed by atoms with Crippen molar-refractivity contribution in [2.24, 2.45) is 0 Å². The summed E-state index contributed by atoms with van der Waals surface area (Å²) in [6.45, 7) is 0.933. The van der Waals surface area contributed by atoms with Gasteiger partial charge in [-0.05, 0) is 12.1 Å². The predicted octanol–water partition coefficient (Wildman–Crippen LogP) is 0.576. The molecule has 0 heterocycles. The van der Waals surface area contributed by atoms with Crippen molar-refractivity contribution in [1.29, 1.82) is 0 Å². The van der Waals surface area contributed by atoms with Crippen molar-refractivity contribution in [3.8, 4) is 0 Å². The molecule has 0 N–H and O–H groups in total. The summed E-state index contributed by atoms with van der Waals surface area (Å²) in [7, 11) is -4.13. The summed E-state index contributed by atoms with van der Waals surface area (Å²) in [5.74, 6) is -0.978. The van der Waals surface area contributed by atoms with Gasteiger partial charge in [0.2, 0.25) is 15.6 Å². The first-order chi connectivity index (χ1) is 6.46. The zero-order chi connectivity index (χ0) is 10.8. The maximum atomic E-state index is 11.4. The van der Waals surface area contributed by atoms with Crippen LogP contribution in [-0.4, -0.2) is 19.3 Å². The van der Waals surface area contributed by atoms with Crippen LogP contribution in [0.25, 0.3) is 0 Å². The van der Waals surface area contributed by atoms with Crippen LogP contribution in [0.5, 0.6) is 0 Å². The molecule has 4 nitrogen and oxygen atoms in total. The molecular formula is C9H8O4S.